The zero-order valence-corrected chi connectivity index (χ0v) is 16.5. The van der Waals surface area contributed by atoms with E-state index in [1.165, 1.54) is 0 Å². The first-order valence-corrected chi connectivity index (χ1v) is 9.52. The van der Waals surface area contributed by atoms with Gasteiger partial charge in [0.05, 0.1) is 11.6 Å². The fourth-order valence-electron chi connectivity index (χ4n) is 2.60. The van der Waals surface area contributed by atoms with E-state index in [0.717, 1.165) is 19.0 Å². The Kier molecular flexibility index (Phi) is 7.52. The smallest absolute Gasteiger partial charge is 0.244 e. The molecule has 1 atom stereocenters. The molecule has 1 aliphatic rings. The molecule has 2 rings (SSSR count). The number of halogens is 3. The monoisotopic (exact) mass is 411 g/mol. The van der Waals surface area contributed by atoms with Crippen molar-refractivity contribution in [1.29, 1.82) is 0 Å². The summed E-state index contributed by atoms with van der Waals surface area (Å²) in [6.45, 7) is 6.08. The third-order valence-corrected chi connectivity index (χ3v) is 5.45. The number of amides is 1. The molecule has 0 aliphatic carbocycles. The van der Waals surface area contributed by atoms with Crippen molar-refractivity contribution in [2.24, 2.45) is 5.92 Å². The minimum Gasteiger partial charge on any atom is -0.323 e. The molecule has 10 heteroatoms. The summed E-state index contributed by atoms with van der Waals surface area (Å²) in [5, 5.41) is 5.44. The van der Waals surface area contributed by atoms with E-state index in [1.807, 2.05) is 0 Å². The molecule has 1 saturated heterocycles. The second kappa shape index (κ2) is 8.60. The zero-order chi connectivity index (χ0) is 18.8. The average molecular weight is 412 g/mol. The predicted molar refractivity (Wildman–Crippen MR) is 97.9 cm³/mol. The minimum absolute atomic E-state index is 0. The molecule has 0 radical (unpaired) electrons. The van der Waals surface area contributed by atoms with Gasteiger partial charge in [0, 0.05) is 18.2 Å². The molecule has 1 aromatic carbocycles. The fraction of sp³-hybridized carbons (Fsp3) is 0.562. The van der Waals surface area contributed by atoms with Crippen molar-refractivity contribution in [3.63, 3.8) is 0 Å². The molecule has 0 spiro atoms. The van der Waals surface area contributed by atoms with Gasteiger partial charge in [0.15, 0.2) is 0 Å². The van der Waals surface area contributed by atoms with Crippen LogP contribution in [0.25, 0.3) is 0 Å². The first-order valence-electron chi connectivity index (χ1n) is 8.04. The highest BCUT2D eigenvalue weighted by molar-refractivity contribution is 7.89. The molecule has 148 valence electrons. The van der Waals surface area contributed by atoms with Gasteiger partial charge in [0.1, 0.15) is 16.5 Å². The molecule has 0 aromatic heterocycles. The van der Waals surface area contributed by atoms with Crippen molar-refractivity contribution >= 4 is 34.0 Å². The van der Waals surface area contributed by atoms with Crippen LogP contribution in [0.2, 0.25) is 0 Å². The summed E-state index contributed by atoms with van der Waals surface area (Å²) < 4.78 is 55.0. The van der Waals surface area contributed by atoms with E-state index in [-0.39, 0.29) is 24.0 Å². The highest BCUT2D eigenvalue weighted by Gasteiger charge is 2.28. The second-order valence-electron chi connectivity index (χ2n) is 7.15. The lowest BCUT2D eigenvalue weighted by atomic mass is 9.99. The van der Waals surface area contributed by atoms with Crippen LogP contribution in [-0.2, 0) is 14.8 Å². The van der Waals surface area contributed by atoms with E-state index in [2.05, 4.69) is 15.4 Å². The van der Waals surface area contributed by atoms with Crippen molar-refractivity contribution in [3.05, 3.63) is 23.8 Å². The van der Waals surface area contributed by atoms with Crippen molar-refractivity contribution in [2.75, 3.05) is 18.4 Å². The van der Waals surface area contributed by atoms with E-state index >= 15 is 0 Å². The van der Waals surface area contributed by atoms with Crippen LogP contribution < -0.4 is 15.4 Å². The predicted octanol–water partition coefficient (Wildman–Crippen LogP) is 2.40. The molecular formula is C16H24ClF2N3O3S. The molecule has 1 amide bonds. The van der Waals surface area contributed by atoms with Crippen molar-refractivity contribution in [1.82, 2.24) is 10.0 Å². The van der Waals surface area contributed by atoms with Crippen LogP contribution in [0.15, 0.2) is 17.0 Å². The molecule has 1 heterocycles. The van der Waals surface area contributed by atoms with Gasteiger partial charge in [-0.1, -0.05) is 0 Å². The Balaban J connectivity index is 0.00000338. The van der Waals surface area contributed by atoms with Gasteiger partial charge >= 0.3 is 0 Å². The molecule has 1 unspecified atom stereocenters. The third-order valence-electron chi connectivity index (χ3n) is 3.68. The number of anilines is 1. The number of sulfonamides is 1. The number of hydrogen-bond acceptors (Lipinski definition) is 4. The molecule has 1 aliphatic heterocycles. The van der Waals surface area contributed by atoms with E-state index in [0.29, 0.717) is 19.0 Å². The second-order valence-corrected chi connectivity index (χ2v) is 8.80. The number of carbonyl (C=O) groups is 1. The number of nitrogens with one attached hydrogen (secondary N) is 3. The van der Waals surface area contributed by atoms with Gasteiger partial charge in [-0.15, -0.1) is 12.4 Å². The number of benzene rings is 1. The first-order chi connectivity index (χ1) is 11.5. The van der Waals surface area contributed by atoms with E-state index in [1.54, 1.807) is 20.8 Å². The topological polar surface area (TPSA) is 87.3 Å². The summed E-state index contributed by atoms with van der Waals surface area (Å²) in [4.78, 5) is 11.5. The molecule has 3 N–H and O–H groups in total. The Labute approximate surface area is 158 Å². The Morgan fingerprint density at radius 2 is 1.88 bits per heavy atom. The van der Waals surface area contributed by atoms with Crippen LogP contribution in [0.4, 0.5) is 14.5 Å². The highest BCUT2D eigenvalue weighted by Crippen LogP contribution is 2.25. The SMILES string of the molecule is CC(C)(C)NS(=O)(=O)c1cc(NC(=O)C2CCCNC2)c(F)cc1F.Cl. The van der Waals surface area contributed by atoms with Gasteiger partial charge in [0.2, 0.25) is 15.9 Å². The summed E-state index contributed by atoms with van der Waals surface area (Å²) in [5.74, 6) is -3.01. The lowest BCUT2D eigenvalue weighted by Crippen LogP contribution is -2.41. The third kappa shape index (κ3) is 5.87. The molecule has 26 heavy (non-hydrogen) atoms. The standard InChI is InChI=1S/C16H23F2N3O3S.ClH/c1-16(2,3)21-25(23,24)14-8-13(11(17)7-12(14)18)20-15(22)10-5-4-6-19-9-10;/h7-8,10,19,21H,4-6,9H2,1-3H3,(H,20,22);1H. The van der Waals surface area contributed by atoms with E-state index in [9.17, 15) is 22.0 Å². The summed E-state index contributed by atoms with van der Waals surface area (Å²) in [5.41, 5.74) is -1.19. The summed E-state index contributed by atoms with van der Waals surface area (Å²) in [6, 6.07) is 1.28. The van der Waals surface area contributed by atoms with Crippen LogP contribution in [0.1, 0.15) is 33.6 Å². The average Bonchev–Trinajstić information content (AvgIpc) is 2.48. The fourth-order valence-corrected chi connectivity index (χ4v) is 4.10. The van der Waals surface area contributed by atoms with Crippen LogP contribution >= 0.6 is 12.4 Å². The highest BCUT2D eigenvalue weighted by atomic mass is 35.5. The quantitative estimate of drug-likeness (QED) is 0.710. The molecule has 6 nitrogen and oxygen atoms in total. The first kappa shape index (κ1) is 22.8. The summed E-state index contributed by atoms with van der Waals surface area (Å²) >= 11 is 0. The maximum Gasteiger partial charge on any atom is 0.244 e. The molecule has 0 bridgehead atoms. The van der Waals surface area contributed by atoms with Crippen LogP contribution in [0.5, 0.6) is 0 Å². The van der Waals surface area contributed by atoms with Crippen molar-refractivity contribution in [3.8, 4) is 0 Å². The normalized spacial score (nSPS) is 18.1. The lowest BCUT2D eigenvalue weighted by molar-refractivity contribution is -0.120. The molecular weight excluding hydrogens is 388 g/mol. The number of rotatable bonds is 4. The minimum atomic E-state index is -4.20. The van der Waals surface area contributed by atoms with Crippen LogP contribution in [0, 0.1) is 17.6 Å². The Hall–Kier alpha value is -1.29. The maximum absolute atomic E-state index is 14.0. The van der Waals surface area contributed by atoms with Gasteiger partial charge in [0.25, 0.3) is 0 Å². The van der Waals surface area contributed by atoms with Gasteiger partial charge in [-0.25, -0.2) is 21.9 Å². The Morgan fingerprint density at radius 3 is 2.42 bits per heavy atom. The van der Waals surface area contributed by atoms with E-state index in [4.69, 9.17) is 0 Å². The van der Waals surface area contributed by atoms with Gasteiger partial charge in [-0.3, -0.25) is 4.79 Å². The Bertz CT molecular complexity index is 761. The van der Waals surface area contributed by atoms with Crippen LogP contribution in [0.3, 0.4) is 0 Å². The summed E-state index contributed by atoms with van der Waals surface area (Å²) in [6.07, 6.45) is 1.47. The molecule has 0 saturated carbocycles. The number of piperidine rings is 1. The van der Waals surface area contributed by atoms with Gasteiger partial charge in [-0.2, -0.15) is 0 Å². The van der Waals surface area contributed by atoms with Crippen LogP contribution in [-0.4, -0.2) is 33.0 Å². The van der Waals surface area contributed by atoms with Gasteiger partial charge in [-0.05, 0) is 46.2 Å². The van der Waals surface area contributed by atoms with Gasteiger partial charge < -0.3 is 10.6 Å². The van der Waals surface area contributed by atoms with E-state index < -0.39 is 38.0 Å². The summed E-state index contributed by atoms with van der Waals surface area (Å²) in [7, 11) is -4.20. The zero-order valence-electron chi connectivity index (χ0n) is 14.9. The molecule has 1 aromatic rings. The Morgan fingerprint density at radius 1 is 1.23 bits per heavy atom. The number of hydrogen-bond donors (Lipinski definition) is 3. The number of carbonyl (C=O) groups excluding carboxylic acids is 1. The lowest BCUT2D eigenvalue weighted by Gasteiger charge is -2.23. The van der Waals surface area contributed by atoms with Crippen molar-refractivity contribution in [2.45, 2.75) is 44.0 Å². The molecule has 1 fully saturated rings. The maximum atomic E-state index is 14.0. The van der Waals surface area contributed by atoms with Crippen molar-refractivity contribution < 1.29 is 22.0 Å². The largest absolute Gasteiger partial charge is 0.323 e.